The Balaban J connectivity index is 1.33. The molecule has 1 amide bonds. The number of thiazole rings is 1. The molecule has 0 saturated carbocycles. The summed E-state index contributed by atoms with van der Waals surface area (Å²) in [4.78, 5) is 16.6. The Morgan fingerprint density at radius 1 is 1.22 bits per heavy atom. The van der Waals surface area contributed by atoms with Gasteiger partial charge in [0.25, 0.3) is 0 Å². The third-order valence-corrected chi connectivity index (χ3v) is 5.71. The molecule has 5 heteroatoms. The zero-order valence-electron chi connectivity index (χ0n) is 13.0. The standard InChI is InChI=1S/C18H21N3OS/c22-17(11-12-9-15-5-6-16(10-12)20-15)21-14-3-1-13(2-4-14)18-19-7-8-23-18/h1-4,7-8,12,15-16,20H,5-6,9-11H2,(H,21,22). The molecule has 2 N–H and O–H groups in total. The summed E-state index contributed by atoms with van der Waals surface area (Å²) in [6.07, 6.45) is 7.30. The monoisotopic (exact) mass is 327 g/mol. The van der Waals surface area contributed by atoms with Gasteiger partial charge in [0.2, 0.25) is 5.91 Å². The highest BCUT2D eigenvalue weighted by molar-refractivity contribution is 7.13. The Labute approximate surface area is 140 Å². The van der Waals surface area contributed by atoms with Gasteiger partial charge in [0.15, 0.2) is 0 Å². The van der Waals surface area contributed by atoms with E-state index in [0.717, 1.165) is 29.1 Å². The van der Waals surface area contributed by atoms with Crippen molar-refractivity contribution in [3.05, 3.63) is 35.8 Å². The van der Waals surface area contributed by atoms with Crippen LogP contribution in [0.1, 0.15) is 32.1 Å². The molecule has 0 aliphatic carbocycles. The first-order valence-corrected chi connectivity index (χ1v) is 9.20. The molecule has 1 aromatic heterocycles. The second-order valence-corrected chi connectivity index (χ2v) is 7.54. The molecule has 3 heterocycles. The fraction of sp³-hybridized carbons (Fsp3) is 0.444. The van der Waals surface area contributed by atoms with E-state index >= 15 is 0 Å². The quantitative estimate of drug-likeness (QED) is 0.901. The van der Waals surface area contributed by atoms with Crippen LogP contribution in [0.5, 0.6) is 0 Å². The molecule has 4 rings (SSSR count). The van der Waals surface area contributed by atoms with Crippen molar-refractivity contribution in [2.24, 2.45) is 5.92 Å². The molecule has 4 nitrogen and oxygen atoms in total. The van der Waals surface area contributed by atoms with Crippen LogP contribution in [0.25, 0.3) is 10.6 Å². The van der Waals surface area contributed by atoms with Crippen molar-refractivity contribution in [3.8, 4) is 10.6 Å². The number of carbonyl (C=O) groups is 1. The summed E-state index contributed by atoms with van der Waals surface area (Å²) in [6, 6.07) is 9.23. The average Bonchev–Trinajstić information content (AvgIpc) is 3.18. The third-order valence-electron chi connectivity index (χ3n) is 4.89. The van der Waals surface area contributed by atoms with Crippen LogP contribution in [0.3, 0.4) is 0 Å². The molecule has 2 fully saturated rings. The lowest BCUT2D eigenvalue weighted by molar-refractivity contribution is -0.117. The predicted molar refractivity (Wildman–Crippen MR) is 93.5 cm³/mol. The van der Waals surface area contributed by atoms with Gasteiger partial charge < -0.3 is 10.6 Å². The molecule has 2 aromatic rings. The smallest absolute Gasteiger partial charge is 0.224 e. The number of nitrogens with zero attached hydrogens (tertiary/aromatic N) is 1. The van der Waals surface area contributed by atoms with Gasteiger partial charge in [-0.25, -0.2) is 4.98 Å². The summed E-state index contributed by atoms with van der Waals surface area (Å²) in [7, 11) is 0. The molecule has 0 spiro atoms. The Kier molecular flexibility index (Phi) is 4.14. The second-order valence-electron chi connectivity index (χ2n) is 6.64. The molecule has 2 saturated heterocycles. The molecule has 2 bridgehead atoms. The molecular formula is C18H21N3OS. The molecule has 0 radical (unpaired) electrons. The number of fused-ring (bicyclic) bond motifs is 2. The molecule has 2 aliphatic heterocycles. The van der Waals surface area contributed by atoms with E-state index in [1.165, 1.54) is 12.8 Å². The SMILES string of the molecule is O=C(CC1CC2CCC(C1)N2)Nc1ccc(-c2nccs2)cc1. The molecule has 1 aromatic carbocycles. The zero-order chi connectivity index (χ0) is 15.6. The first kappa shape index (κ1) is 14.8. The number of piperidine rings is 1. The lowest BCUT2D eigenvalue weighted by Gasteiger charge is -2.28. The fourth-order valence-electron chi connectivity index (χ4n) is 3.88. The maximum atomic E-state index is 12.3. The molecule has 2 aliphatic rings. The summed E-state index contributed by atoms with van der Waals surface area (Å²) >= 11 is 1.62. The number of anilines is 1. The predicted octanol–water partition coefficient (Wildman–Crippen LogP) is 3.67. The van der Waals surface area contributed by atoms with Gasteiger partial charge in [-0.05, 0) is 55.9 Å². The van der Waals surface area contributed by atoms with Crippen LogP contribution in [-0.2, 0) is 4.79 Å². The lowest BCUT2D eigenvalue weighted by Crippen LogP contribution is -2.39. The Bertz CT molecular complexity index is 656. The maximum Gasteiger partial charge on any atom is 0.224 e. The summed E-state index contributed by atoms with van der Waals surface area (Å²) in [5.41, 5.74) is 1.96. The van der Waals surface area contributed by atoms with Crippen LogP contribution in [0.15, 0.2) is 35.8 Å². The number of hydrogen-bond donors (Lipinski definition) is 2. The summed E-state index contributed by atoms with van der Waals surface area (Å²) < 4.78 is 0. The van der Waals surface area contributed by atoms with Gasteiger partial charge in [-0.15, -0.1) is 11.3 Å². The minimum atomic E-state index is 0.137. The number of carbonyl (C=O) groups excluding carboxylic acids is 1. The van der Waals surface area contributed by atoms with E-state index in [0.29, 0.717) is 24.4 Å². The average molecular weight is 327 g/mol. The number of rotatable bonds is 4. The van der Waals surface area contributed by atoms with Gasteiger partial charge in [0.1, 0.15) is 5.01 Å². The number of amides is 1. The Morgan fingerprint density at radius 3 is 2.61 bits per heavy atom. The van der Waals surface area contributed by atoms with Crippen molar-refractivity contribution in [1.29, 1.82) is 0 Å². The highest BCUT2D eigenvalue weighted by atomic mass is 32.1. The van der Waals surface area contributed by atoms with Crippen molar-refractivity contribution in [2.75, 3.05) is 5.32 Å². The molecule has 2 atom stereocenters. The minimum Gasteiger partial charge on any atom is -0.326 e. The van der Waals surface area contributed by atoms with Gasteiger partial charge in [0, 0.05) is 41.3 Å². The highest BCUT2D eigenvalue weighted by Gasteiger charge is 2.34. The third kappa shape index (κ3) is 3.46. The van der Waals surface area contributed by atoms with E-state index in [-0.39, 0.29) is 5.91 Å². The van der Waals surface area contributed by atoms with Crippen molar-refractivity contribution >= 4 is 22.9 Å². The first-order chi connectivity index (χ1) is 11.3. The van der Waals surface area contributed by atoms with Crippen LogP contribution < -0.4 is 10.6 Å². The van der Waals surface area contributed by atoms with Crippen LogP contribution in [-0.4, -0.2) is 23.0 Å². The lowest BCUT2D eigenvalue weighted by atomic mass is 9.89. The molecule has 23 heavy (non-hydrogen) atoms. The number of nitrogens with one attached hydrogen (secondary N) is 2. The topological polar surface area (TPSA) is 54.0 Å². The maximum absolute atomic E-state index is 12.3. The fourth-order valence-corrected chi connectivity index (χ4v) is 4.52. The molecule has 2 unspecified atom stereocenters. The van der Waals surface area contributed by atoms with Crippen molar-refractivity contribution in [1.82, 2.24) is 10.3 Å². The van der Waals surface area contributed by atoms with E-state index in [1.54, 1.807) is 11.3 Å². The number of hydrogen-bond acceptors (Lipinski definition) is 4. The van der Waals surface area contributed by atoms with E-state index in [4.69, 9.17) is 0 Å². The van der Waals surface area contributed by atoms with Gasteiger partial charge in [0.05, 0.1) is 0 Å². The van der Waals surface area contributed by atoms with Crippen molar-refractivity contribution < 1.29 is 4.79 Å². The van der Waals surface area contributed by atoms with E-state index < -0.39 is 0 Å². The van der Waals surface area contributed by atoms with Crippen LogP contribution in [0.2, 0.25) is 0 Å². The summed E-state index contributed by atoms with van der Waals surface area (Å²) in [6.45, 7) is 0. The van der Waals surface area contributed by atoms with Gasteiger partial charge in [-0.3, -0.25) is 4.79 Å². The van der Waals surface area contributed by atoms with E-state index in [1.807, 2.05) is 35.8 Å². The molecule has 120 valence electrons. The second kappa shape index (κ2) is 6.42. The Hall–Kier alpha value is -1.72. The summed E-state index contributed by atoms with van der Waals surface area (Å²) in [5.74, 6) is 0.668. The minimum absolute atomic E-state index is 0.137. The highest BCUT2D eigenvalue weighted by Crippen LogP contribution is 2.33. The number of aromatic nitrogens is 1. The van der Waals surface area contributed by atoms with E-state index in [2.05, 4.69) is 15.6 Å². The Morgan fingerprint density at radius 2 is 1.96 bits per heavy atom. The van der Waals surface area contributed by atoms with Crippen LogP contribution in [0, 0.1) is 5.92 Å². The number of benzene rings is 1. The van der Waals surface area contributed by atoms with Crippen LogP contribution >= 0.6 is 11.3 Å². The zero-order valence-corrected chi connectivity index (χ0v) is 13.8. The van der Waals surface area contributed by atoms with Gasteiger partial charge in [-0.2, -0.15) is 0 Å². The van der Waals surface area contributed by atoms with Crippen molar-refractivity contribution in [2.45, 2.75) is 44.2 Å². The largest absolute Gasteiger partial charge is 0.326 e. The van der Waals surface area contributed by atoms with E-state index in [9.17, 15) is 4.79 Å². The normalized spacial score (nSPS) is 26.2. The summed E-state index contributed by atoms with van der Waals surface area (Å²) in [5, 5.41) is 9.64. The van der Waals surface area contributed by atoms with Gasteiger partial charge in [-0.1, -0.05) is 0 Å². The van der Waals surface area contributed by atoms with Crippen LogP contribution in [0.4, 0.5) is 5.69 Å². The van der Waals surface area contributed by atoms with Gasteiger partial charge >= 0.3 is 0 Å². The first-order valence-electron chi connectivity index (χ1n) is 8.32. The van der Waals surface area contributed by atoms with Crippen molar-refractivity contribution in [3.63, 3.8) is 0 Å². The molecular weight excluding hydrogens is 306 g/mol.